The van der Waals surface area contributed by atoms with Gasteiger partial charge < -0.3 is 14.5 Å². The second-order valence-electron chi connectivity index (χ2n) is 6.75. The van der Waals surface area contributed by atoms with E-state index in [4.69, 9.17) is 16.3 Å². The number of rotatable bonds is 4. The molecule has 0 unspecified atom stereocenters. The average molecular weight is 407 g/mol. The fourth-order valence-corrected chi connectivity index (χ4v) is 3.60. The zero-order valence-corrected chi connectivity index (χ0v) is 16.9. The first-order chi connectivity index (χ1) is 13.3. The molecule has 1 aromatic heterocycles. The molecule has 1 aliphatic heterocycles. The van der Waals surface area contributed by atoms with E-state index >= 15 is 0 Å². The SMILES string of the molecule is COc1ccc(CC(=O)N2CCN(c3cc(=O)n(C)c(=O)n3C)CC2)cc1Cl. The van der Waals surface area contributed by atoms with Gasteiger partial charge >= 0.3 is 5.69 Å². The molecule has 1 aromatic carbocycles. The fraction of sp³-hybridized carbons (Fsp3) is 0.421. The summed E-state index contributed by atoms with van der Waals surface area (Å²) in [5.41, 5.74) is 0.123. The Hall–Kier alpha value is -2.74. The van der Waals surface area contributed by atoms with Crippen molar-refractivity contribution in [2.45, 2.75) is 6.42 Å². The van der Waals surface area contributed by atoms with Crippen molar-refractivity contribution in [2.75, 3.05) is 38.2 Å². The van der Waals surface area contributed by atoms with Crippen LogP contribution in [0, 0.1) is 0 Å². The molecule has 3 rings (SSSR count). The van der Waals surface area contributed by atoms with Crippen molar-refractivity contribution in [1.82, 2.24) is 14.0 Å². The van der Waals surface area contributed by atoms with Crippen molar-refractivity contribution in [3.8, 4) is 5.75 Å². The highest BCUT2D eigenvalue weighted by Gasteiger charge is 2.23. The molecule has 0 bridgehead atoms. The van der Waals surface area contributed by atoms with Crippen molar-refractivity contribution < 1.29 is 9.53 Å². The number of piperazine rings is 1. The van der Waals surface area contributed by atoms with E-state index in [0.717, 1.165) is 10.1 Å². The smallest absolute Gasteiger partial charge is 0.332 e. The van der Waals surface area contributed by atoms with E-state index in [1.807, 2.05) is 11.0 Å². The number of carbonyl (C=O) groups is 1. The number of benzene rings is 1. The molecule has 28 heavy (non-hydrogen) atoms. The lowest BCUT2D eigenvalue weighted by molar-refractivity contribution is -0.130. The number of carbonyl (C=O) groups excluding carboxylic acids is 1. The maximum atomic E-state index is 12.6. The summed E-state index contributed by atoms with van der Waals surface area (Å²) in [5, 5.41) is 0.476. The van der Waals surface area contributed by atoms with Gasteiger partial charge in [-0.25, -0.2) is 4.79 Å². The van der Waals surface area contributed by atoms with E-state index in [-0.39, 0.29) is 23.6 Å². The number of methoxy groups -OCH3 is 1. The lowest BCUT2D eigenvalue weighted by atomic mass is 10.1. The van der Waals surface area contributed by atoms with Gasteiger partial charge in [0.25, 0.3) is 5.56 Å². The zero-order valence-electron chi connectivity index (χ0n) is 16.1. The van der Waals surface area contributed by atoms with Gasteiger partial charge in [-0.2, -0.15) is 0 Å². The van der Waals surface area contributed by atoms with Gasteiger partial charge in [0, 0.05) is 46.3 Å². The molecule has 1 aliphatic rings. The molecule has 8 nitrogen and oxygen atoms in total. The second-order valence-corrected chi connectivity index (χ2v) is 7.16. The standard InChI is InChI=1S/C19H23ClN4O4/c1-21-16(12-17(25)22(2)19(21)27)23-6-8-24(9-7-23)18(26)11-13-4-5-15(28-3)14(20)10-13/h4-5,10,12H,6-9,11H2,1-3H3. The lowest BCUT2D eigenvalue weighted by Gasteiger charge is -2.36. The largest absolute Gasteiger partial charge is 0.495 e. The van der Waals surface area contributed by atoms with Gasteiger partial charge in [-0.05, 0) is 17.7 Å². The quantitative estimate of drug-likeness (QED) is 0.744. The number of aromatic nitrogens is 2. The molecule has 9 heteroatoms. The van der Waals surface area contributed by atoms with Crippen LogP contribution < -0.4 is 20.9 Å². The number of hydrogen-bond acceptors (Lipinski definition) is 5. The van der Waals surface area contributed by atoms with Gasteiger partial charge in [-0.15, -0.1) is 0 Å². The normalized spacial score (nSPS) is 14.3. The third kappa shape index (κ3) is 3.91. The average Bonchev–Trinajstić information content (AvgIpc) is 2.69. The molecule has 0 atom stereocenters. The first-order valence-electron chi connectivity index (χ1n) is 8.94. The lowest BCUT2D eigenvalue weighted by Crippen LogP contribution is -2.51. The predicted octanol–water partition coefficient (Wildman–Crippen LogP) is 0.637. The third-order valence-electron chi connectivity index (χ3n) is 5.03. The minimum Gasteiger partial charge on any atom is -0.495 e. The van der Waals surface area contributed by atoms with E-state index in [0.29, 0.717) is 42.8 Å². The third-order valence-corrected chi connectivity index (χ3v) is 5.32. The van der Waals surface area contributed by atoms with Crippen LogP contribution in [0.1, 0.15) is 5.56 Å². The molecular formula is C19H23ClN4O4. The van der Waals surface area contributed by atoms with E-state index in [1.54, 1.807) is 31.2 Å². The molecule has 0 aliphatic carbocycles. The molecule has 2 heterocycles. The molecular weight excluding hydrogens is 384 g/mol. The highest BCUT2D eigenvalue weighted by Crippen LogP contribution is 2.25. The van der Waals surface area contributed by atoms with Crippen LogP contribution in [0.4, 0.5) is 5.82 Å². The van der Waals surface area contributed by atoms with Gasteiger partial charge in [-0.3, -0.25) is 18.7 Å². The van der Waals surface area contributed by atoms with Crippen molar-refractivity contribution in [3.63, 3.8) is 0 Å². The van der Waals surface area contributed by atoms with Gasteiger partial charge in [-0.1, -0.05) is 17.7 Å². The van der Waals surface area contributed by atoms with Crippen LogP contribution in [0.5, 0.6) is 5.75 Å². The molecule has 0 saturated carbocycles. The Morgan fingerprint density at radius 2 is 1.75 bits per heavy atom. The minimum atomic E-state index is -0.364. The summed E-state index contributed by atoms with van der Waals surface area (Å²) in [6.07, 6.45) is 0.258. The van der Waals surface area contributed by atoms with E-state index < -0.39 is 0 Å². The monoisotopic (exact) mass is 406 g/mol. The number of ether oxygens (including phenoxy) is 1. The van der Waals surface area contributed by atoms with Crippen molar-refractivity contribution in [1.29, 1.82) is 0 Å². The van der Waals surface area contributed by atoms with E-state index in [9.17, 15) is 14.4 Å². The van der Waals surface area contributed by atoms with Crippen LogP contribution in [-0.4, -0.2) is 53.2 Å². The first-order valence-corrected chi connectivity index (χ1v) is 9.32. The topological polar surface area (TPSA) is 76.8 Å². The summed E-state index contributed by atoms with van der Waals surface area (Å²) >= 11 is 6.13. The Kier molecular flexibility index (Phi) is 5.79. The predicted molar refractivity (Wildman–Crippen MR) is 107 cm³/mol. The molecule has 1 fully saturated rings. The summed E-state index contributed by atoms with van der Waals surface area (Å²) in [4.78, 5) is 40.4. The molecule has 1 amide bonds. The molecule has 1 saturated heterocycles. The van der Waals surface area contributed by atoms with E-state index in [2.05, 4.69) is 0 Å². The molecule has 0 radical (unpaired) electrons. The first kappa shape index (κ1) is 20.0. The minimum absolute atomic E-state index is 0.0127. The van der Waals surface area contributed by atoms with Gasteiger partial charge in [0.1, 0.15) is 11.6 Å². The van der Waals surface area contributed by atoms with Crippen LogP contribution in [0.2, 0.25) is 5.02 Å². The summed E-state index contributed by atoms with van der Waals surface area (Å²) in [7, 11) is 4.64. The van der Waals surface area contributed by atoms with Crippen LogP contribution in [0.15, 0.2) is 33.9 Å². The molecule has 2 aromatic rings. The van der Waals surface area contributed by atoms with Gasteiger partial charge in [0.15, 0.2) is 0 Å². The molecule has 150 valence electrons. The Labute approximate surface area is 167 Å². The number of anilines is 1. The number of halogens is 1. The van der Waals surface area contributed by atoms with Gasteiger partial charge in [0.2, 0.25) is 5.91 Å². The van der Waals surface area contributed by atoms with Crippen molar-refractivity contribution in [2.24, 2.45) is 14.1 Å². The van der Waals surface area contributed by atoms with Crippen molar-refractivity contribution in [3.05, 3.63) is 55.7 Å². The molecule has 0 N–H and O–H groups in total. The maximum absolute atomic E-state index is 12.6. The highest BCUT2D eigenvalue weighted by atomic mass is 35.5. The maximum Gasteiger partial charge on any atom is 0.332 e. The van der Waals surface area contributed by atoms with Crippen molar-refractivity contribution >= 4 is 23.3 Å². The summed E-state index contributed by atoms with van der Waals surface area (Å²) in [6.45, 7) is 2.14. The number of amides is 1. The second kappa shape index (κ2) is 8.10. The van der Waals surface area contributed by atoms with Gasteiger partial charge in [0.05, 0.1) is 18.6 Å². The Morgan fingerprint density at radius 3 is 2.36 bits per heavy atom. The summed E-state index contributed by atoms with van der Waals surface area (Å²) in [5.74, 6) is 1.16. The number of hydrogen-bond donors (Lipinski definition) is 0. The zero-order chi connectivity index (χ0) is 20.4. The highest BCUT2D eigenvalue weighted by molar-refractivity contribution is 6.32. The summed E-state index contributed by atoms with van der Waals surface area (Å²) < 4.78 is 7.66. The number of nitrogens with zero attached hydrogens (tertiary/aromatic N) is 4. The Balaban J connectivity index is 1.65. The Morgan fingerprint density at radius 1 is 1.07 bits per heavy atom. The van der Waals surface area contributed by atoms with Crippen LogP contribution in [-0.2, 0) is 25.3 Å². The Bertz CT molecular complexity index is 1010. The van der Waals surface area contributed by atoms with Crippen LogP contribution in [0.25, 0.3) is 0 Å². The van der Waals surface area contributed by atoms with Crippen LogP contribution in [0.3, 0.4) is 0 Å². The molecule has 0 spiro atoms. The fourth-order valence-electron chi connectivity index (χ4n) is 3.32. The van der Waals surface area contributed by atoms with E-state index in [1.165, 1.54) is 17.7 Å². The van der Waals surface area contributed by atoms with Crippen LogP contribution >= 0.6 is 11.6 Å². The summed E-state index contributed by atoms with van der Waals surface area (Å²) in [6, 6.07) is 6.77.